The van der Waals surface area contributed by atoms with Gasteiger partial charge in [-0.3, -0.25) is 10.7 Å². The topological polar surface area (TPSA) is 44.3 Å². The molecular formula is C11H18N2O. The van der Waals surface area contributed by atoms with Crippen molar-refractivity contribution in [3.05, 3.63) is 23.8 Å². The van der Waals surface area contributed by atoms with Crippen LogP contribution in [0.3, 0.4) is 0 Å². The molecule has 0 aliphatic rings. The zero-order valence-corrected chi connectivity index (χ0v) is 9.18. The molecule has 0 aliphatic carbocycles. The first-order chi connectivity index (χ1) is 6.49. The Morgan fingerprint density at radius 2 is 1.86 bits per heavy atom. The molecule has 0 bridgehead atoms. The standard InChI is InChI=1S/C11H18N2O/c1-11(2,3)9-7-8(13-14)5-6-10(9)12-4/h5-7,12-14H,1-4H3. The van der Waals surface area contributed by atoms with Crippen molar-refractivity contribution in [3.63, 3.8) is 0 Å². The molecule has 0 atom stereocenters. The summed E-state index contributed by atoms with van der Waals surface area (Å²) in [5, 5.41) is 12.0. The van der Waals surface area contributed by atoms with Gasteiger partial charge < -0.3 is 5.32 Å². The number of benzene rings is 1. The molecular weight excluding hydrogens is 176 g/mol. The minimum absolute atomic E-state index is 0.0607. The average molecular weight is 194 g/mol. The van der Waals surface area contributed by atoms with Gasteiger partial charge in [-0.15, -0.1) is 0 Å². The van der Waals surface area contributed by atoms with E-state index < -0.39 is 0 Å². The maximum atomic E-state index is 8.82. The van der Waals surface area contributed by atoms with Gasteiger partial charge in [0, 0.05) is 12.7 Å². The second-order valence-electron chi connectivity index (χ2n) is 4.37. The molecule has 0 unspecified atom stereocenters. The summed E-state index contributed by atoms with van der Waals surface area (Å²) in [7, 11) is 1.90. The monoisotopic (exact) mass is 194 g/mol. The Bertz CT molecular complexity index is 316. The molecule has 3 nitrogen and oxygen atoms in total. The van der Waals surface area contributed by atoms with Gasteiger partial charge in [0.15, 0.2) is 0 Å². The van der Waals surface area contributed by atoms with E-state index >= 15 is 0 Å². The van der Waals surface area contributed by atoms with E-state index in [0.717, 1.165) is 5.69 Å². The quantitative estimate of drug-likeness (QED) is 0.634. The maximum absolute atomic E-state index is 8.82. The van der Waals surface area contributed by atoms with Gasteiger partial charge in [-0.05, 0) is 29.2 Å². The van der Waals surface area contributed by atoms with Crippen molar-refractivity contribution in [3.8, 4) is 0 Å². The van der Waals surface area contributed by atoms with Gasteiger partial charge >= 0.3 is 0 Å². The molecule has 0 spiro atoms. The molecule has 3 heteroatoms. The summed E-state index contributed by atoms with van der Waals surface area (Å²) in [4.78, 5) is 0. The summed E-state index contributed by atoms with van der Waals surface area (Å²) in [6, 6.07) is 5.74. The van der Waals surface area contributed by atoms with Crippen LogP contribution in [0.5, 0.6) is 0 Å². The lowest BCUT2D eigenvalue weighted by Gasteiger charge is -2.23. The zero-order chi connectivity index (χ0) is 10.8. The Kier molecular flexibility index (Phi) is 3.01. The van der Waals surface area contributed by atoms with Gasteiger partial charge in [0.2, 0.25) is 0 Å². The first kappa shape index (κ1) is 10.9. The molecule has 0 saturated carbocycles. The van der Waals surface area contributed by atoms with Crippen molar-refractivity contribution in [1.29, 1.82) is 0 Å². The molecule has 1 aromatic rings. The van der Waals surface area contributed by atoms with Gasteiger partial charge in [0.25, 0.3) is 0 Å². The van der Waals surface area contributed by atoms with E-state index in [1.165, 1.54) is 5.56 Å². The normalized spacial score (nSPS) is 11.2. The molecule has 0 aliphatic heterocycles. The van der Waals surface area contributed by atoms with E-state index in [-0.39, 0.29) is 5.41 Å². The van der Waals surface area contributed by atoms with E-state index in [1.54, 1.807) is 0 Å². The van der Waals surface area contributed by atoms with Gasteiger partial charge in [-0.25, -0.2) is 0 Å². The number of hydrogen-bond acceptors (Lipinski definition) is 3. The Hall–Kier alpha value is -1.22. The molecule has 0 amide bonds. The number of nitrogens with one attached hydrogen (secondary N) is 2. The summed E-state index contributed by atoms with van der Waals surface area (Å²) in [6.45, 7) is 6.43. The minimum atomic E-state index is 0.0607. The smallest absolute Gasteiger partial charge is 0.0606 e. The van der Waals surface area contributed by atoms with Crippen molar-refractivity contribution < 1.29 is 5.21 Å². The van der Waals surface area contributed by atoms with Crippen LogP contribution in [-0.4, -0.2) is 12.3 Å². The average Bonchev–Trinajstić information content (AvgIpc) is 2.15. The van der Waals surface area contributed by atoms with Crippen LogP contribution in [0.15, 0.2) is 18.2 Å². The first-order valence-corrected chi connectivity index (χ1v) is 4.71. The lowest BCUT2D eigenvalue weighted by molar-refractivity contribution is 0.388. The third-order valence-electron chi connectivity index (χ3n) is 2.23. The van der Waals surface area contributed by atoms with Crippen molar-refractivity contribution in [2.24, 2.45) is 0 Å². The van der Waals surface area contributed by atoms with Crippen LogP contribution in [0.2, 0.25) is 0 Å². The van der Waals surface area contributed by atoms with Crippen molar-refractivity contribution in [2.75, 3.05) is 17.8 Å². The van der Waals surface area contributed by atoms with Crippen molar-refractivity contribution >= 4 is 11.4 Å². The Morgan fingerprint density at radius 1 is 1.21 bits per heavy atom. The molecule has 14 heavy (non-hydrogen) atoms. The fourth-order valence-electron chi connectivity index (χ4n) is 1.45. The van der Waals surface area contributed by atoms with Crippen LogP contribution < -0.4 is 10.8 Å². The fraction of sp³-hybridized carbons (Fsp3) is 0.455. The van der Waals surface area contributed by atoms with Crippen molar-refractivity contribution in [1.82, 2.24) is 0 Å². The molecule has 0 saturated heterocycles. The molecule has 0 heterocycles. The summed E-state index contributed by atoms with van der Waals surface area (Å²) in [6.07, 6.45) is 0. The Morgan fingerprint density at radius 3 is 2.29 bits per heavy atom. The lowest BCUT2D eigenvalue weighted by atomic mass is 9.85. The van der Waals surface area contributed by atoms with E-state index in [1.807, 2.05) is 25.2 Å². The number of hydrogen-bond donors (Lipinski definition) is 3. The molecule has 0 aromatic heterocycles. The highest BCUT2D eigenvalue weighted by molar-refractivity contribution is 5.61. The molecule has 1 aromatic carbocycles. The Labute approximate surface area is 85.1 Å². The summed E-state index contributed by atoms with van der Waals surface area (Å²) in [5.74, 6) is 0. The zero-order valence-electron chi connectivity index (χ0n) is 9.18. The summed E-state index contributed by atoms with van der Waals surface area (Å²) >= 11 is 0. The first-order valence-electron chi connectivity index (χ1n) is 4.71. The van der Waals surface area contributed by atoms with E-state index in [2.05, 4.69) is 31.6 Å². The van der Waals surface area contributed by atoms with Crippen LogP contribution in [0.4, 0.5) is 11.4 Å². The predicted molar refractivity (Wildman–Crippen MR) is 60.1 cm³/mol. The van der Waals surface area contributed by atoms with Crippen LogP contribution in [-0.2, 0) is 5.41 Å². The largest absolute Gasteiger partial charge is 0.388 e. The summed E-state index contributed by atoms with van der Waals surface area (Å²) in [5.41, 5.74) is 5.21. The highest BCUT2D eigenvalue weighted by Crippen LogP contribution is 2.31. The van der Waals surface area contributed by atoms with Crippen LogP contribution in [0.1, 0.15) is 26.3 Å². The molecule has 0 fully saturated rings. The SMILES string of the molecule is CNc1ccc(NO)cc1C(C)(C)C. The predicted octanol–water partition coefficient (Wildman–Crippen LogP) is 2.83. The van der Waals surface area contributed by atoms with Gasteiger partial charge in [-0.2, -0.15) is 0 Å². The van der Waals surface area contributed by atoms with E-state index in [0.29, 0.717) is 5.69 Å². The van der Waals surface area contributed by atoms with Crippen LogP contribution in [0.25, 0.3) is 0 Å². The molecule has 1 rings (SSSR count). The number of rotatable bonds is 2. The second kappa shape index (κ2) is 3.88. The van der Waals surface area contributed by atoms with Gasteiger partial charge in [0.1, 0.15) is 0 Å². The van der Waals surface area contributed by atoms with Crippen molar-refractivity contribution in [2.45, 2.75) is 26.2 Å². The van der Waals surface area contributed by atoms with E-state index in [9.17, 15) is 0 Å². The summed E-state index contributed by atoms with van der Waals surface area (Å²) < 4.78 is 0. The fourth-order valence-corrected chi connectivity index (χ4v) is 1.45. The van der Waals surface area contributed by atoms with E-state index in [4.69, 9.17) is 5.21 Å². The minimum Gasteiger partial charge on any atom is -0.388 e. The lowest BCUT2D eigenvalue weighted by Crippen LogP contribution is -2.14. The van der Waals surface area contributed by atoms with Crippen LogP contribution in [0, 0.1) is 0 Å². The maximum Gasteiger partial charge on any atom is 0.0606 e. The highest BCUT2D eigenvalue weighted by Gasteiger charge is 2.17. The third-order valence-corrected chi connectivity index (χ3v) is 2.23. The molecule has 78 valence electrons. The van der Waals surface area contributed by atoms with Crippen LogP contribution >= 0.6 is 0 Å². The molecule has 0 radical (unpaired) electrons. The molecule has 3 N–H and O–H groups in total. The van der Waals surface area contributed by atoms with Gasteiger partial charge in [-0.1, -0.05) is 20.8 Å². The third kappa shape index (κ3) is 2.17. The second-order valence-corrected chi connectivity index (χ2v) is 4.37. The Balaban J connectivity index is 3.22. The number of anilines is 2. The van der Waals surface area contributed by atoms with Gasteiger partial charge in [0.05, 0.1) is 5.69 Å². The highest BCUT2D eigenvalue weighted by atomic mass is 16.5.